The molecular formula is C13H12N2OS. The Morgan fingerprint density at radius 2 is 2.06 bits per heavy atom. The third-order valence-electron chi connectivity index (χ3n) is 2.89. The molecule has 3 nitrogen and oxygen atoms in total. The van der Waals surface area contributed by atoms with Gasteiger partial charge in [0.2, 0.25) is 0 Å². The first-order valence-corrected chi connectivity index (χ1v) is 6.27. The molecule has 0 aliphatic carbocycles. The van der Waals surface area contributed by atoms with Gasteiger partial charge in [0.05, 0.1) is 6.04 Å². The number of benzene rings is 1. The van der Waals surface area contributed by atoms with E-state index in [0.717, 1.165) is 21.3 Å². The average molecular weight is 244 g/mol. The summed E-state index contributed by atoms with van der Waals surface area (Å²) in [4.78, 5) is 4.31. The molecule has 3 rings (SSSR count). The number of hydrogen-bond donors (Lipinski definition) is 3. The van der Waals surface area contributed by atoms with Crippen LogP contribution >= 0.6 is 11.3 Å². The van der Waals surface area contributed by atoms with Crippen molar-refractivity contribution in [3.05, 3.63) is 58.4 Å². The number of para-hydroxylation sites is 1. The number of rotatable bonds is 3. The minimum Gasteiger partial charge on any atom is -0.361 e. The Labute approximate surface area is 103 Å². The highest BCUT2D eigenvalue weighted by atomic mass is 32.1. The summed E-state index contributed by atoms with van der Waals surface area (Å²) in [6.07, 6.45) is 1.94. The fourth-order valence-corrected chi connectivity index (χ4v) is 2.86. The first kappa shape index (κ1) is 10.5. The van der Waals surface area contributed by atoms with Gasteiger partial charge >= 0.3 is 0 Å². The molecule has 1 atom stereocenters. The summed E-state index contributed by atoms with van der Waals surface area (Å²) >= 11 is 1.63. The molecule has 3 aromatic rings. The van der Waals surface area contributed by atoms with E-state index >= 15 is 0 Å². The maximum atomic E-state index is 9.37. The van der Waals surface area contributed by atoms with E-state index in [9.17, 15) is 5.21 Å². The van der Waals surface area contributed by atoms with Crippen molar-refractivity contribution >= 4 is 22.2 Å². The molecule has 0 bridgehead atoms. The maximum absolute atomic E-state index is 9.37. The number of nitrogens with one attached hydrogen (secondary N) is 2. The molecule has 0 aliphatic rings. The molecule has 0 aliphatic heterocycles. The molecular weight excluding hydrogens is 232 g/mol. The fourth-order valence-electron chi connectivity index (χ4n) is 2.07. The third-order valence-corrected chi connectivity index (χ3v) is 3.83. The number of H-pyrrole nitrogens is 1. The molecule has 0 radical (unpaired) electrons. The van der Waals surface area contributed by atoms with Crippen LogP contribution < -0.4 is 5.48 Å². The summed E-state index contributed by atoms with van der Waals surface area (Å²) < 4.78 is 0. The third kappa shape index (κ3) is 1.76. The number of fused-ring (bicyclic) bond motifs is 1. The predicted molar refractivity (Wildman–Crippen MR) is 69.4 cm³/mol. The quantitative estimate of drug-likeness (QED) is 0.619. The van der Waals surface area contributed by atoms with E-state index in [1.54, 1.807) is 11.3 Å². The molecule has 1 aromatic carbocycles. The highest BCUT2D eigenvalue weighted by Crippen LogP contribution is 2.30. The average Bonchev–Trinajstić information content (AvgIpc) is 3.01. The minimum atomic E-state index is -0.175. The maximum Gasteiger partial charge on any atom is 0.0931 e. The summed E-state index contributed by atoms with van der Waals surface area (Å²) in [5, 5.41) is 12.5. The zero-order valence-electron chi connectivity index (χ0n) is 9.05. The Morgan fingerprint density at radius 3 is 2.82 bits per heavy atom. The monoisotopic (exact) mass is 244 g/mol. The van der Waals surface area contributed by atoms with Gasteiger partial charge in [-0.3, -0.25) is 0 Å². The van der Waals surface area contributed by atoms with Crippen molar-refractivity contribution < 1.29 is 5.21 Å². The molecule has 2 heterocycles. The molecule has 3 N–H and O–H groups in total. The van der Waals surface area contributed by atoms with Crippen molar-refractivity contribution in [1.82, 2.24) is 10.5 Å². The highest BCUT2D eigenvalue weighted by Gasteiger charge is 2.17. The van der Waals surface area contributed by atoms with Crippen LogP contribution in [0.4, 0.5) is 0 Å². The standard InChI is InChI=1S/C13H12N2OS/c16-15-13(12-6-3-7-17-12)10-8-14-11-5-2-1-4-9(10)11/h1-8,13-16H. The van der Waals surface area contributed by atoms with Gasteiger partial charge in [-0.05, 0) is 17.5 Å². The van der Waals surface area contributed by atoms with Gasteiger partial charge in [0.1, 0.15) is 0 Å². The summed E-state index contributed by atoms with van der Waals surface area (Å²) in [6, 6.07) is 11.9. The molecule has 17 heavy (non-hydrogen) atoms. The number of aromatic amines is 1. The lowest BCUT2D eigenvalue weighted by Gasteiger charge is -2.12. The molecule has 0 saturated carbocycles. The predicted octanol–water partition coefficient (Wildman–Crippen LogP) is 3.30. The molecule has 4 heteroatoms. The fraction of sp³-hybridized carbons (Fsp3) is 0.0769. The number of hydroxylamine groups is 1. The zero-order valence-corrected chi connectivity index (χ0v) is 9.87. The molecule has 2 aromatic heterocycles. The van der Waals surface area contributed by atoms with Crippen LogP contribution in [0.5, 0.6) is 0 Å². The Morgan fingerprint density at radius 1 is 1.18 bits per heavy atom. The largest absolute Gasteiger partial charge is 0.361 e. The number of thiophene rings is 1. The number of hydrogen-bond acceptors (Lipinski definition) is 3. The van der Waals surface area contributed by atoms with E-state index in [0.29, 0.717) is 0 Å². The van der Waals surface area contributed by atoms with Gasteiger partial charge in [-0.1, -0.05) is 24.3 Å². The van der Waals surface area contributed by atoms with Crippen molar-refractivity contribution in [2.45, 2.75) is 6.04 Å². The lowest BCUT2D eigenvalue weighted by atomic mass is 10.1. The zero-order chi connectivity index (χ0) is 11.7. The van der Waals surface area contributed by atoms with E-state index in [-0.39, 0.29) is 6.04 Å². The Balaban J connectivity index is 2.13. The summed E-state index contributed by atoms with van der Waals surface area (Å²) in [5.41, 5.74) is 4.53. The van der Waals surface area contributed by atoms with Gasteiger partial charge in [0.15, 0.2) is 0 Å². The van der Waals surface area contributed by atoms with Crippen LogP contribution in [0.2, 0.25) is 0 Å². The SMILES string of the molecule is ONC(c1cccs1)c1c[nH]c2ccccc12. The van der Waals surface area contributed by atoms with Gasteiger partial charge in [0.25, 0.3) is 0 Å². The highest BCUT2D eigenvalue weighted by molar-refractivity contribution is 7.10. The Kier molecular flexibility index (Phi) is 2.68. The second-order valence-electron chi connectivity index (χ2n) is 3.87. The first-order chi connectivity index (χ1) is 8.40. The smallest absolute Gasteiger partial charge is 0.0931 e. The van der Waals surface area contributed by atoms with Gasteiger partial charge in [-0.2, -0.15) is 5.48 Å². The normalized spacial score (nSPS) is 13.0. The lowest BCUT2D eigenvalue weighted by Crippen LogP contribution is -2.16. The van der Waals surface area contributed by atoms with E-state index in [2.05, 4.69) is 16.5 Å². The van der Waals surface area contributed by atoms with Crippen molar-refractivity contribution in [3.8, 4) is 0 Å². The van der Waals surface area contributed by atoms with Crippen LogP contribution in [0.1, 0.15) is 16.5 Å². The molecule has 0 fully saturated rings. The summed E-state index contributed by atoms with van der Waals surface area (Å²) in [6.45, 7) is 0. The van der Waals surface area contributed by atoms with Crippen LogP contribution in [-0.4, -0.2) is 10.2 Å². The van der Waals surface area contributed by atoms with Crippen molar-refractivity contribution in [2.24, 2.45) is 0 Å². The van der Waals surface area contributed by atoms with Crippen LogP contribution in [0.25, 0.3) is 10.9 Å². The summed E-state index contributed by atoms with van der Waals surface area (Å²) in [5.74, 6) is 0. The van der Waals surface area contributed by atoms with Crippen LogP contribution in [-0.2, 0) is 0 Å². The molecule has 0 spiro atoms. The van der Waals surface area contributed by atoms with Crippen LogP contribution in [0.3, 0.4) is 0 Å². The van der Waals surface area contributed by atoms with Gasteiger partial charge in [-0.15, -0.1) is 11.3 Å². The topological polar surface area (TPSA) is 48.0 Å². The minimum absolute atomic E-state index is 0.175. The van der Waals surface area contributed by atoms with Crippen molar-refractivity contribution in [1.29, 1.82) is 0 Å². The van der Waals surface area contributed by atoms with Crippen LogP contribution in [0, 0.1) is 0 Å². The second kappa shape index (κ2) is 4.33. The van der Waals surface area contributed by atoms with E-state index in [4.69, 9.17) is 0 Å². The van der Waals surface area contributed by atoms with Crippen LogP contribution in [0.15, 0.2) is 48.0 Å². The first-order valence-electron chi connectivity index (χ1n) is 5.39. The molecule has 86 valence electrons. The number of aromatic nitrogens is 1. The van der Waals surface area contributed by atoms with E-state index < -0.39 is 0 Å². The van der Waals surface area contributed by atoms with Crippen molar-refractivity contribution in [3.63, 3.8) is 0 Å². The molecule has 1 unspecified atom stereocenters. The van der Waals surface area contributed by atoms with Crippen molar-refractivity contribution in [2.75, 3.05) is 0 Å². The van der Waals surface area contributed by atoms with Gasteiger partial charge in [0, 0.05) is 27.5 Å². The second-order valence-corrected chi connectivity index (χ2v) is 4.85. The van der Waals surface area contributed by atoms with E-state index in [1.165, 1.54) is 0 Å². The Bertz CT molecular complexity index is 615. The summed E-state index contributed by atoms with van der Waals surface area (Å²) in [7, 11) is 0. The van der Waals surface area contributed by atoms with Gasteiger partial charge in [-0.25, -0.2) is 0 Å². The van der Waals surface area contributed by atoms with Gasteiger partial charge < -0.3 is 10.2 Å². The lowest BCUT2D eigenvalue weighted by molar-refractivity contribution is 0.143. The van der Waals surface area contributed by atoms with E-state index in [1.807, 2.05) is 41.9 Å². The Hall–Kier alpha value is -1.62. The molecule has 0 amide bonds. The molecule has 0 saturated heterocycles.